The molecule has 10 nitrogen and oxygen atoms in total. The molecular weight excluding hydrogens is 608 g/mol. The van der Waals surface area contributed by atoms with Gasteiger partial charge in [0, 0.05) is 70.0 Å². The molecule has 11 heteroatoms. The van der Waals surface area contributed by atoms with Crippen molar-refractivity contribution in [1.82, 2.24) is 20.0 Å². The highest BCUT2D eigenvalue weighted by atomic mass is 35.5. The first kappa shape index (κ1) is 35.7. The van der Waals surface area contributed by atoms with Gasteiger partial charge >= 0.3 is 18.0 Å². The molecule has 1 unspecified atom stereocenters. The minimum absolute atomic E-state index is 0. The number of amides is 1. The molecule has 4 aliphatic heterocycles. The summed E-state index contributed by atoms with van der Waals surface area (Å²) in [6.07, 6.45) is 1.11. The van der Waals surface area contributed by atoms with Crippen LogP contribution in [0.5, 0.6) is 0 Å². The summed E-state index contributed by atoms with van der Waals surface area (Å²) in [5.74, 6) is -0.404. The second-order valence-corrected chi connectivity index (χ2v) is 13.7. The molecule has 2 saturated heterocycles. The third-order valence-electron chi connectivity index (χ3n) is 9.87. The molecule has 1 amide bonds. The van der Waals surface area contributed by atoms with Gasteiger partial charge in [-0.15, -0.1) is 12.4 Å². The normalized spacial score (nSPS) is 19.8. The van der Waals surface area contributed by atoms with Crippen molar-refractivity contribution in [1.29, 1.82) is 0 Å². The summed E-state index contributed by atoms with van der Waals surface area (Å²) in [4.78, 5) is 41.1. The minimum atomic E-state index is -0.830. The number of nitrogens with one attached hydrogen (secondary N) is 1. The van der Waals surface area contributed by atoms with E-state index in [1.54, 1.807) is 4.90 Å². The van der Waals surface area contributed by atoms with Crippen LogP contribution in [0.15, 0.2) is 24.3 Å². The van der Waals surface area contributed by atoms with Gasteiger partial charge in [0.2, 0.25) is 0 Å². The van der Waals surface area contributed by atoms with Crippen LogP contribution in [0.2, 0.25) is 0 Å². The monoisotopic (exact) mass is 656 g/mol. The Kier molecular flexibility index (Phi) is 11.7. The van der Waals surface area contributed by atoms with Crippen molar-refractivity contribution in [2.45, 2.75) is 66.7 Å². The van der Waals surface area contributed by atoms with Crippen molar-refractivity contribution in [3.05, 3.63) is 68.8 Å². The molecule has 2 aromatic carbocycles. The molecule has 4 aliphatic rings. The van der Waals surface area contributed by atoms with Gasteiger partial charge in [-0.2, -0.15) is 0 Å². The van der Waals surface area contributed by atoms with E-state index in [0.717, 1.165) is 87.5 Å². The number of nitrogens with zero attached hydrogens (tertiary/aromatic N) is 3. The molecule has 1 atom stereocenters. The standard InChI is InChI=1S/C20H28N2O4.C15H20N2O2.ClH/c1-13-14(5-6-15-16(13)12-26-18(15)23)7-8-21-9-10-22(19(24)25)17(11-21)20(2,3)4;1-11-12(4-7-17-8-5-16-6-9-17)2-3-13-14(11)10-19-15(13)18;/h5-6,17H,7-12H2,1-4H3,(H,24,25);2-3,16H,4-10H2,1H3;1H. The average Bonchev–Trinajstić information content (AvgIpc) is 3.59. The lowest BCUT2D eigenvalue weighted by molar-refractivity contribution is 0.0221. The molecule has 0 bridgehead atoms. The second kappa shape index (κ2) is 15.2. The van der Waals surface area contributed by atoms with E-state index in [-0.39, 0.29) is 35.8 Å². The summed E-state index contributed by atoms with van der Waals surface area (Å²) in [5, 5.41) is 12.8. The number of carbonyl (C=O) groups is 3. The summed E-state index contributed by atoms with van der Waals surface area (Å²) in [5.41, 5.74) is 8.39. The van der Waals surface area contributed by atoms with E-state index >= 15 is 0 Å². The number of rotatable bonds is 6. The van der Waals surface area contributed by atoms with Crippen molar-refractivity contribution < 1.29 is 29.0 Å². The van der Waals surface area contributed by atoms with Crippen LogP contribution in [0, 0.1) is 19.3 Å². The van der Waals surface area contributed by atoms with Gasteiger partial charge in [-0.05, 0) is 66.5 Å². The Hall–Kier alpha value is -3.18. The number of benzene rings is 2. The third-order valence-corrected chi connectivity index (χ3v) is 9.87. The quantitative estimate of drug-likeness (QED) is 0.436. The van der Waals surface area contributed by atoms with Crippen LogP contribution in [0.4, 0.5) is 4.79 Å². The molecule has 46 heavy (non-hydrogen) atoms. The van der Waals surface area contributed by atoms with Crippen LogP contribution in [0.25, 0.3) is 0 Å². The van der Waals surface area contributed by atoms with Gasteiger partial charge < -0.3 is 29.7 Å². The van der Waals surface area contributed by atoms with Gasteiger partial charge in [-0.25, -0.2) is 14.4 Å². The predicted molar refractivity (Wildman–Crippen MR) is 179 cm³/mol. The Labute approximate surface area is 278 Å². The van der Waals surface area contributed by atoms with E-state index in [1.807, 2.05) is 18.2 Å². The topological polar surface area (TPSA) is 112 Å². The van der Waals surface area contributed by atoms with Crippen molar-refractivity contribution in [3.63, 3.8) is 0 Å². The smallest absolute Gasteiger partial charge is 0.407 e. The molecule has 0 aliphatic carbocycles. The lowest BCUT2D eigenvalue weighted by atomic mass is 9.84. The Morgan fingerprint density at radius 2 is 1.33 bits per heavy atom. The number of piperazine rings is 2. The Morgan fingerprint density at radius 3 is 1.80 bits per heavy atom. The number of carboxylic acid groups (broad SMARTS) is 1. The molecule has 0 saturated carbocycles. The molecule has 252 valence electrons. The van der Waals surface area contributed by atoms with E-state index in [9.17, 15) is 19.5 Å². The molecule has 4 heterocycles. The molecule has 6 rings (SSSR count). The fourth-order valence-electron chi connectivity index (χ4n) is 6.84. The summed E-state index contributed by atoms with van der Waals surface area (Å²) >= 11 is 0. The van der Waals surface area contributed by atoms with Crippen molar-refractivity contribution in [3.8, 4) is 0 Å². The van der Waals surface area contributed by atoms with E-state index in [1.165, 1.54) is 16.7 Å². The van der Waals surface area contributed by atoms with Gasteiger partial charge in [0.15, 0.2) is 0 Å². The van der Waals surface area contributed by atoms with Crippen LogP contribution < -0.4 is 5.32 Å². The maximum Gasteiger partial charge on any atom is 0.407 e. The Balaban J connectivity index is 0.000000213. The number of cyclic esters (lactones) is 2. The van der Waals surface area contributed by atoms with Crippen molar-refractivity contribution in [2.75, 3.05) is 58.9 Å². The number of fused-ring (bicyclic) bond motifs is 2. The van der Waals surface area contributed by atoms with Gasteiger partial charge in [-0.3, -0.25) is 4.90 Å². The van der Waals surface area contributed by atoms with Crippen LogP contribution >= 0.6 is 12.4 Å². The number of halogens is 1. The van der Waals surface area contributed by atoms with Crippen LogP contribution in [0.1, 0.15) is 74.9 Å². The largest absolute Gasteiger partial charge is 0.465 e. The highest BCUT2D eigenvalue weighted by Crippen LogP contribution is 2.30. The fourth-order valence-corrected chi connectivity index (χ4v) is 6.84. The minimum Gasteiger partial charge on any atom is -0.465 e. The first-order valence-electron chi connectivity index (χ1n) is 16.2. The van der Waals surface area contributed by atoms with E-state index < -0.39 is 6.09 Å². The lowest BCUT2D eigenvalue weighted by Crippen LogP contribution is -2.59. The zero-order valence-electron chi connectivity index (χ0n) is 27.8. The molecule has 2 fully saturated rings. The van der Waals surface area contributed by atoms with Crippen LogP contribution in [-0.2, 0) is 35.5 Å². The number of hydrogen-bond donors (Lipinski definition) is 2. The van der Waals surface area contributed by atoms with Gasteiger partial charge in [0.05, 0.1) is 17.2 Å². The number of carbonyl (C=O) groups excluding carboxylic acids is 2. The first-order valence-corrected chi connectivity index (χ1v) is 16.2. The highest BCUT2D eigenvalue weighted by Gasteiger charge is 2.38. The summed E-state index contributed by atoms with van der Waals surface area (Å²) in [6, 6.07) is 7.89. The van der Waals surface area contributed by atoms with Crippen molar-refractivity contribution >= 4 is 30.4 Å². The Morgan fingerprint density at radius 1 is 0.826 bits per heavy atom. The van der Waals surface area contributed by atoms with Gasteiger partial charge in [-0.1, -0.05) is 32.9 Å². The Bertz CT molecular complexity index is 1440. The second-order valence-electron chi connectivity index (χ2n) is 13.7. The van der Waals surface area contributed by atoms with Gasteiger partial charge in [0.1, 0.15) is 13.2 Å². The summed E-state index contributed by atoms with van der Waals surface area (Å²) < 4.78 is 10.2. The zero-order chi connectivity index (χ0) is 32.3. The summed E-state index contributed by atoms with van der Waals surface area (Å²) in [6.45, 7) is 19.7. The van der Waals surface area contributed by atoms with Crippen LogP contribution in [-0.4, -0.2) is 103 Å². The molecule has 0 aromatic heterocycles. The SMILES string of the molecule is Cc1c(CCN2CCN(C(=O)O)C(C(C)(C)C)C2)ccc2c1COC2=O.Cc1c(CCN2CCNCC2)ccc2c1COC2=O.Cl. The van der Waals surface area contributed by atoms with Crippen LogP contribution in [0.3, 0.4) is 0 Å². The zero-order valence-corrected chi connectivity index (χ0v) is 28.6. The maximum absolute atomic E-state index is 11.7. The molecular formula is C35H49ClN4O6. The number of hydrogen-bond acceptors (Lipinski definition) is 8. The molecule has 2 N–H and O–H groups in total. The third kappa shape index (κ3) is 8.02. The fraction of sp³-hybridized carbons (Fsp3) is 0.571. The maximum atomic E-state index is 11.7. The predicted octanol–water partition coefficient (Wildman–Crippen LogP) is 4.45. The lowest BCUT2D eigenvalue weighted by Gasteiger charge is -2.46. The average molecular weight is 657 g/mol. The highest BCUT2D eigenvalue weighted by molar-refractivity contribution is 5.94. The van der Waals surface area contributed by atoms with Crippen molar-refractivity contribution in [2.24, 2.45) is 5.41 Å². The number of ether oxygens (including phenoxy) is 2. The van der Waals surface area contributed by atoms with E-state index in [2.05, 4.69) is 55.8 Å². The molecule has 0 spiro atoms. The molecule has 0 radical (unpaired) electrons. The first-order chi connectivity index (χ1) is 21.4. The number of esters is 2. The van der Waals surface area contributed by atoms with E-state index in [0.29, 0.717) is 25.3 Å². The van der Waals surface area contributed by atoms with Gasteiger partial charge in [0.25, 0.3) is 0 Å². The van der Waals surface area contributed by atoms with E-state index in [4.69, 9.17) is 9.47 Å². The summed E-state index contributed by atoms with van der Waals surface area (Å²) in [7, 11) is 0. The molecule has 2 aromatic rings.